The summed E-state index contributed by atoms with van der Waals surface area (Å²) in [5.41, 5.74) is -0.992. The smallest absolute Gasteiger partial charge is 0.388 e. The zero-order chi connectivity index (χ0) is 23.5. The Labute approximate surface area is 192 Å². The van der Waals surface area contributed by atoms with Gasteiger partial charge in [-0.1, -0.05) is 13.3 Å². The molecule has 0 aromatic heterocycles. The molecule has 0 aliphatic carbocycles. The van der Waals surface area contributed by atoms with E-state index in [-0.39, 0.29) is 11.9 Å². The highest BCUT2D eigenvalue weighted by Gasteiger charge is 2.51. The van der Waals surface area contributed by atoms with Gasteiger partial charge < -0.3 is 30.1 Å². The molecule has 0 aromatic rings. The zero-order valence-electron chi connectivity index (χ0n) is 18.1. The van der Waals surface area contributed by atoms with Gasteiger partial charge in [-0.25, -0.2) is 4.57 Å². The molecule has 0 spiro atoms. The van der Waals surface area contributed by atoms with Gasteiger partial charge in [-0.15, -0.1) is 23.4 Å². The Hall–Kier alpha value is 0.0600. The van der Waals surface area contributed by atoms with Crippen LogP contribution in [0.3, 0.4) is 0 Å². The van der Waals surface area contributed by atoms with E-state index in [1.54, 1.807) is 13.2 Å². The Morgan fingerprint density at radius 1 is 1.39 bits per heavy atom. The summed E-state index contributed by atoms with van der Waals surface area (Å²) in [5, 5.41) is 23.4. The summed E-state index contributed by atoms with van der Waals surface area (Å²) in [6.07, 6.45) is -1.37. The van der Waals surface area contributed by atoms with Gasteiger partial charge >= 0.3 is 7.82 Å². The van der Waals surface area contributed by atoms with Crippen LogP contribution >= 0.6 is 31.2 Å². The SMILES string of the molecule is CCC[C@H]1C[C@H](C(=O)N[C@@H]([C@@H]2O[C@@H](SC)[C@@H](OP(=O)(O)O)[C@H](O)[C@@H]2O)[C@H](C)Cl)N(C)C1. The number of aliphatic hydroxyl groups is 2. The van der Waals surface area contributed by atoms with Gasteiger partial charge in [0.05, 0.1) is 17.5 Å². The van der Waals surface area contributed by atoms with Crippen molar-refractivity contribution < 1.29 is 38.6 Å². The number of likely N-dealkylation sites (N-methyl/N-ethyl adjacent to an activating group) is 1. The number of hydrogen-bond acceptors (Lipinski definition) is 8. The van der Waals surface area contributed by atoms with Gasteiger partial charge in [0.2, 0.25) is 5.91 Å². The second kappa shape index (κ2) is 11.5. The lowest BCUT2D eigenvalue weighted by Gasteiger charge is -2.45. The number of aliphatic hydroxyl groups excluding tert-OH is 2. The summed E-state index contributed by atoms with van der Waals surface area (Å²) in [5.74, 6) is 0.195. The molecule has 5 N–H and O–H groups in total. The van der Waals surface area contributed by atoms with Crippen molar-refractivity contribution >= 4 is 37.1 Å². The normalized spacial score (nSPS) is 36.9. The van der Waals surface area contributed by atoms with Crippen LogP contribution in [0.5, 0.6) is 0 Å². The van der Waals surface area contributed by atoms with E-state index in [0.29, 0.717) is 5.92 Å². The van der Waals surface area contributed by atoms with E-state index in [0.717, 1.165) is 37.6 Å². The standard InChI is InChI=1S/C18H34ClN2O8PS/c1-5-6-10-7-11(21(3)8-10)17(24)20-12(9(2)19)15-13(22)14(23)16(18(28-15)31-4)29-30(25,26)27/h9-16,18,22-23H,5-8H2,1-4H3,(H,20,24)(H2,25,26,27)/t9-,10-,11+,12+,13-,14+,15-,16-,18-/m0/s1. The van der Waals surface area contributed by atoms with E-state index in [4.69, 9.17) is 26.1 Å². The minimum atomic E-state index is -4.93. The van der Waals surface area contributed by atoms with Crippen LogP contribution in [0.4, 0.5) is 0 Å². The zero-order valence-corrected chi connectivity index (χ0v) is 20.6. The highest BCUT2D eigenvalue weighted by atomic mass is 35.5. The quantitative estimate of drug-likeness (QED) is 0.222. The highest BCUT2D eigenvalue weighted by Crippen LogP contribution is 2.43. The van der Waals surface area contributed by atoms with Crippen molar-refractivity contribution in [3.63, 3.8) is 0 Å². The average molecular weight is 505 g/mol. The van der Waals surface area contributed by atoms with Gasteiger partial charge in [0.15, 0.2) is 0 Å². The van der Waals surface area contributed by atoms with E-state index in [1.807, 2.05) is 11.9 Å². The van der Waals surface area contributed by atoms with Gasteiger partial charge in [-0.3, -0.25) is 14.2 Å². The number of carbonyl (C=O) groups excluding carboxylic acids is 1. The fourth-order valence-corrected chi connectivity index (χ4v) is 5.93. The molecule has 0 bridgehead atoms. The number of hydrogen-bond donors (Lipinski definition) is 5. The molecule has 2 aliphatic rings. The topological polar surface area (TPSA) is 149 Å². The first-order valence-corrected chi connectivity index (χ1v) is 13.6. The summed E-state index contributed by atoms with van der Waals surface area (Å²) in [6.45, 7) is 4.57. The molecular formula is C18H34ClN2O8PS. The number of rotatable bonds is 9. The molecular weight excluding hydrogens is 471 g/mol. The lowest BCUT2D eigenvalue weighted by Crippen LogP contribution is -2.65. The third-order valence-electron chi connectivity index (χ3n) is 5.87. The Morgan fingerprint density at radius 3 is 2.55 bits per heavy atom. The van der Waals surface area contributed by atoms with Crippen LogP contribution in [0.1, 0.15) is 33.1 Å². The molecule has 182 valence electrons. The maximum atomic E-state index is 13.0. The van der Waals surface area contributed by atoms with Crippen molar-refractivity contribution in [3.8, 4) is 0 Å². The Bertz CT molecular complexity index is 654. The van der Waals surface area contributed by atoms with Gasteiger partial charge in [0.1, 0.15) is 29.9 Å². The average Bonchev–Trinajstić information content (AvgIpc) is 3.03. The molecule has 2 heterocycles. The number of halogens is 1. The van der Waals surface area contributed by atoms with Gasteiger partial charge in [0, 0.05) is 6.54 Å². The van der Waals surface area contributed by atoms with Gasteiger partial charge in [0.25, 0.3) is 0 Å². The summed E-state index contributed by atoms with van der Waals surface area (Å²) in [4.78, 5) is 33.3. The molecule has 0 aromatic carbocycles. The first kappa shape index (κ1) is 27.3. The van der Waals surface area contributed by atoms with Crippen LogP contribution in [-0.4, -0.2) is 98.0 Å². The van der Waals surface area contributed by atoms with E-state index in [9.17, 15) is 19.6 Å². The number of ether oxygens (including phenoxy) is 1. The summed E-state index contributed by atoms with van der Waals surface area (Å²) in [6, 6.07) is -1.18. The first-order chi connectivity index (χ1) is 14.4. The van der Waals surface area contributed by atoms with E-state index in [2.05, 4.69) is 16.8 Å². The highest BCUT2D eigenvalue weighted by molar-refractivity contribution is 7.99. The van der Waals surface area contributed by atoms with Crippen molar-refractivity contribution in [2.45, 2.75) is 80.4 Å². The van der Waals surface area contributed by atoms with Crippen LogP contribution in [0.15, 0.2) is 0 Å². The number of amides is 1. The van der Waals surface area contributed by atoms with Crippen molar-refractivity contribution in [1.82, 2.24) is 10.2 Å². The molecule has 10 nitrogen and oxygen atoms in total. The van der Waals surface area contributed by atoms with Gasteiger partial charge in [-0.05, 0) is 39.0 Å². The molecule has 2 fully saturated rings. The monoisotopic (exact) mass is 504 g/mol. The number of likely N-dealkylation sites (tertiary alicyclic amines) is 1. The number of phosphoric ester groups is 1. The van der Waals surface area contributed by atoms with Crippen molar-refractivity contribution in [1.29, 1.82) is 0 Å². The number of nitrogens with zero attached hydrogens (tertiary/aromatic N) is 1. The lowest BCUT2D eigenvalue weighted by molar-refractivity contribution is -0.201. The molecule has 9 atom stereocenters. The summed E-state index contributed by atoms with van der Waals surface area (Å²) < 4.78 is 21.7. The summed E-state index contributed by atoms with van der Waals surface area (Å²) >= 11 is 7.38. The Morgan fingerprint density at radius 2 is 2.03 bits per heavy atom. The number of alkyl halides is 1. The number of phosphoric acid groups is 1. The number of nitrogens with one attached hydrogen (secondary N) is 1. The molecule has 0 radical (unpaired) electrons. The first-order valence-electron chi connectivity index (χ1n) is 10.3. The molecule has 1 amide bonds. The van der Waals surface area contributed by atoms with Crippen LogP contribution in [0.25, 0.3) is 0 Å². The Kier molecular flexibility index (Phi) is 10.1. The van der Waals surface area contributed by atoms with Crippen LogP contribution < -0.4 is 5.32 Å². The predicted molar refractivity (Wildman–Crippen MR) is 118 cm³/mol. The van der Waals surface area contributed by atoms with E-state index < -0.39 is 49.1 Å². The van der Waals surface area contributed by atoms with Crippen LogP contribution in [-0.2, 0) is 18.6 Å². The Balaban J connectivity index is 2.15. The third kappa shape index (κ3) is 7.02. The maximum absolute atomic E-state index is 13.0. The molecule has 31 heavy (non-hydrogen) atoms. The van der Waals surface area contributed by atoms with E-state index >= 15 is 0 Å². The maximum Gasteiger partial charge on any atom is 0.470 e. The molecule has 2 saturated heterocycles. The van der Waals surface area contributed by atoms with Crippen molar-refractivity contribution in [2.75, 3.05) is 19.8 Å². The van der Waals surface area contributed by atoms with Crippen LogP contribution in [0.2, 0.25) is 0 Å². The molecule has 0 unspecified atom stereocenters. The predicted octanol–water partition coefficient (Wildman–Crippen LogP) is 0.506. The fourth-order valence-electron chi connectivity index (χ4n) is 4.37. The second-order valence-electron chi connectivity index (χ2n) is 8.30. The largest absolute Gasteiger partial charge is 0.470 e. The molecule has 13 heteroatoms. The minimum absolute atomic E-state index is 0.238. The third-order valence-corrected chi connectivity index (χ3v) is 7.50. The van der Waals surface area contributed by atoms with Crippen molar-refractivity contribution in [2.24, 2.45) is 5.92 Å². The van der Waals surface area contributed by atoms with E-state index in [1.165, 1.54) is 0 Å². The minimum Gasteiger partial charge on any atom is -0.388 e. The summed E-state index contributed by atoms with van der Waals surface area (Å²) in [7, 11) is -3.04. The second-order valence-corrected chi connectivity index (χ2v) is 11.1. The molecule has 2 aliphatic heterocycles. The lowest BCUT2D eigenvalue weighted by atomic mass is 9.92. The molecule has 0 saturated carbocycles. The fraction of sp³-hybridized carbons (Fsp3) is 0.944. The van der Waals surface area contributed by atoms with Gasteiger partial charge in [-0.2, -0.15) is 0 Å². The number of thioether (sulfide) groups is 1. The van der Waals surface area contributed by atoms with Crippen molar-refractivity contribution in [3.05, 3.63) is 0 Å². The molecule has 2 rings (SSSR count). The van der Waals surface area contributed by atoms with Crippen LogP contribution in [0, 0.1) is 5.92 Å². The number of carbonyl (C=O) groups is 1.